The van der Waals surface area contributed by atoms with E-state index in [2.05, 4.69) is 22.0 Å². The molecule has 0 N–H and O–H groups in total. The van der Waals surface area contributed by atoms with Crippen molar-refractivity contribution in [2.45, 2.75) is 31.4 Å². The normalized spacial score (nSPS) is 25.6. The van der Waals surface area contributed by atoms with Crippen LogP contribution in [0.25, 0.3) is 0 Å². The molecule has 4 heteroatoms. The van der Waals surface area contributed by atoms with Crippen LogP contribution in [-0.4, -0.2) is 48.9 Å². The van der Waals surface area contributed by atoms with E-state index in [9.17, 15) is 0 Å². The number of nitrogens with zero attached hydrogens (tertiary/aromatic N) is 2. The number of methoxy groups -OCH3 is 1. The largest absolute Gasteiger partial charge is 0.385 e. The van der Waals surface area contributed by atoms with Gasteiger partial charge in [0.25, 0.3) is 0 Å². The number of rotatable bonds is 5. The SMILES string of the molecule is COCC[C@H]1CCOC2(C1)CN(Cc1ccncc1)C2. The van der Waals surface area contributed by atoms with Crippen LogP contribution >= 0.6 is 0 Å². The first kappa shape index (κ1) is 14.0. The molecule has 1 aromatic heterocycles. The molecule has 2 saturated heterocycles. The van der Waals surface area contributed by atoms with Crippen LogP contribution in [0, 0.1) is 5.92 Å². The van der Waals surface area contributed by atoms with Crippen molar-refractivity contribution in [1.29, 1.82) is 0 Å². The molecule has 2 aliphatic rings. The highest BCUT2D eigenvalue weighted by atomic mass is 16.5. The molecule has 2 fully saturated rings. The summed E-state index contributed by atoms with van der Waals surface area (Å²) in [6.45, 7) is 4.94. The third-order valence-electron chi connectivity index (χ3n) is 4.50. The van der Waals surface area contributed by atoms with Crippen molar-refractivity contribution in [2.24, 2.45) is 5.92 Å². The Morgan fingerprint density at radius 1 is 1.40 bits per heavy atom. The van der Waals surface area contributed by atoms with E-state index in [0.717, 1.165) is 38.8 Å². The summed E-state index contributed by atoms with van der Waals surface area (Å²) >= 11 is 0. The van der Waals surface area contributed by atoms with Gasteiger partial charge in [0.1, 0.15) is 0 Å². The second-order valence-electron chi connectivity index (χ2n) is 6.17. The maximum Gasteiger partial charge on any atom is 0.0937 e. The predicted molar refractivity (Wildman–Crippen MR) is 77.4 cm³/mol. The molecule has 0 amide bonds. The number of pyridine rings is 1. The van der Waals surface area contributed by atoms with Crippen LogP contribution in [0.2, 0.25) is 0 Å². The molecule has 2 aliphatic heterocycles. The summed E-state index contributed by atoms with van der Waals surface area (Å²) in [6.07, 6.45) is 7.29. The fourth-order valence-electron chi connectivity index (χ4n) is 3.51. The molecule has 0 radical (unpaired) electrons. The fraction of sp³-hybridized carbons (Fsp3) is 0.688. The molecule has 110 valence electrons. The van der Waals surface area contributed by atoms with Gasteiger partial charge >= 0.3 is 0 Å². The average Bonchev–Trinajstić information content (AvgIpc) is 2.45. The van der Waals surface area contributed by atoms with Crippen LogP contribution in [0.15, 0.2) is 24.5 Å². The molecule has 3 rings (SSSR count). The van der Waals surface area contributed by atoms with Gasteiger partial charge in [-0.3, -0.25) is 9.88 Å². The second kappa shape index (κ2) is 6.20. The highest BCUT2D eigenvalue weighted by Gasteiger charge is 2.46. The first-order chi connectivity index (χ1) is 9.80. The number of hydrogen-bond acceptors (Lipinski definition) is 4. The Balaban J connectivity index is 1.48. The van der Waals surface area contributed by atoms with E-state index < -0.39 is 0 Å². The van der Waals surface area contributed by atoms with Gasteiger partial charge in [-0.05, 0) is 42.9 Å². The Morgan fingerprint density at radius 3 is 2.95 bits per heavy atom. The first-order valence-electron chi connectivity index (χ1n) is 7.54. The minimum atomic E-state index is 0.129. The van der Waals surface area contributed by atoms with E-state index >= 15 is 0 Å². The Labute approximate surface area is 121 Å². The zero-order valence-electron chi connectivity index (χ0n) is 12.3. The average molecular weight is 276 g/mol. The lowest BCUT2D eigenvalue weighted by Gasteiger charge is -2.53. The van der Waals surface area contributed by atoms with Gasteiger partial charge < -0.3 is 9.47 Å². The molecule has 3 heterocycles. The van der Waals surface area contributed by atoms with Crippen molar-refractivity contribution in [2.75, 3.05) is 33.4 Å². The monoisotopic (exact) mass is 276 g/mol. The quantitative estimate of drug-likeness (QED) is 0.825. The Hall–Kier alpha value is -0.970. The minimum absolute atomic E-state index is 0.129. The van der Waals surface area contributed by atoms with Crippen LogP contribution < -0.4 is 0 Å². The minimum Gasteiger partial charge on any atom is -0.385 e. The van der Waals surface area contributed by atoms with Crippen molar-refractivity contribution in [3.8, 4) is 0 Å². The lowest BCUT2D eigenvalue weighted by atomic mass is 9.79. The van der Waals surface area contributed by atoms with E-state index in [0.29, 0.717) is 0 Å². The smallest absolute Gasteiger partial charge is 0.0937 e. The number of hydrogen-bond donors (Lipinski definition) is 0. The summed E-state index contributed by atoms with van der Waals surface area (Å²) in [4.78, 5) is 6.53. The molecule has 20 heavy (non-hydrogen) atoms. The number of aromatic nitrogens is 1. The van der Waals surface area contributed by atoms with Gasteiger partial charge in [0.05, 0.1) is 5.60 Å². The zero-order chi connectivity index (χ0) is 13.8. The summed E-state index contributed by atoms with van der Waals surface area (Å²) < 4.78 is 11.3. The molecule has 0 unspecified atom stereocenters. The van der Waals surface area contributed by atoms with E-state index in [-0.39, 0.29) is 5.60 Å². The van der Waals surface area contributed by atoms with Crippen LogP contribution in [0.3, 0.4) is 0 Å². The highest BCUT2D eigenvalue weighted by molar-refractivity contribution is 5.12. The molecule has 0 saturated carbocycles. The molecule has 1 spiro atoms. The molecule has 4 nitrogen and oxygen atoms in total. The molecule has 1 atom stereocenters. The molecular formula is C16H24N2O2. The van der Waals surface area contributed by atoms with Gasteiger partial charge in [-0.25, -0.2) is 0 Å². The molecular weight excluding hydrogens is 252 g/mol. The van der Waals surface area contributed by atoms with Crippen LogP contribution in [0.4, 0.5) is 0 Å². The van der Waals surface area contributed by atoms with Crippen molar-refractivity contribution in [3.05, 3.63) is 30.1 Å². The standard InChI is InChI=1S/C16H24N2O2/c1-19-8-4-14-5-9-20-16(10-14)12-18(13-16)11-15-2-6-17-7-3-15/h2-3,6-7,14H,4-5,8-13H2,1H3/t14-/m0/s1. The summed E-state index contributed by atoms with van der Waals surface area (Å²) in [5.74, 6) is 0.770. The number of ether oxygens (including phenoxy) is 2. The van der Waals surface area contributed by atoms with Crippen molar-refractivity contribution >= 4 is 0 Å². The second-order valence-corrected chi connectivity index (χ2v) is 6.17. The molecule has 0 aromatic carbocycles. The van der Waals surface area contributed by atoms with Crippen molar-refractivity contribution in [1.82, 2.24) is 9.88 Å². The maximum absolute atomic E-state index is 6.08. The van der Waals surface area contributed by atoms with Crippen molar-refractivity contribution in [3.63, 3.8) is 0 Å². The van der Waals surface area contributed by atoms with Crippen LogP contribution in [0.1, 0.15) is 24.8 Å². The summed E-state index contributed by atoms with van der Waals surface area (Å²) in [6, 6.07) is 4.18. The Kier molecular flexibility index (Phi) is 4.34. The van der Waals surface area contributed by atoms with E-state index in [1.807, 2.05) is 12.4 Å². The maximum atomic E-state index is 6.08. The van der Waals surface area contributed by atoms with E-state index in [4.69, 9.17) is 9.47 Å². The summed E-state index contributed by atoms with van der Waals surface area (Å²) in [7, 11) is 1.79. The van der Waals surface area contributed by atoms with E-state index in [1.54, 1.807) is 7.11 Å². The van der Waals surface area contributed by atoms with Crippen LogP contribution in [-0.2, 0) is 16.0 Å². The van der Waals surface area contributed by atoms with Gasteiger partial charge in [0.2, 0.25) is 0 Å². The third-order valence-corrected chi connectivity index (χ3v) is 4.50. The summed E-state index contributed by atoms with van der Waals surface area (Å²) in [5, 5.41) is 0. The molecule has 1 aromatic rings. The van der Waals surface area contributed by atoms with Crippen LogP contribution in [0.5, 0.6) is 0 Å². The van der Waals surface area contributed by atoms with Gasteiger partial charge in [0.15, 0.2) is 0 Å². The predicted octanol–water partition coefficient (Wildman–Crippen LogP) is 2.10. The third kappa shape index (κ3) is 3.19. The highest BCUT2D eigenvalue weighted by Crippen LogP contribution is 2.38. The fourth-order valence-corrected chi connectivity index (χ4v) is 3.51. The van der Waals surface area contributed by atoms with Gasteiger partial charge in [-0.1, -0.05) is 0 Å². The molecule has 0 aliphatic carbocycles. The van der Waals surface area contributed by atoms with E-state index in [1.165, 1.54) is 24.8 Å². The molecule has 0 bridgehead atoms. The van der Waals surface area contributed by atoms with Gasteiger partial charge in [0, 0.05) is 52.4 Å². The Morgan fingerprint density at radius 2 is 2.20 bits per heavy atom. The zero-order valence-corrected chi connectivity index (χ0v) is 12.3. The lowest BCUT2D eigenvalue weighted by Crippen LogP contribution is -2.64. The first-order valence-corrected chi connectivity index (χ1v) is 7.54. The topological polar surface area (TPSA) is 34.6 Å². The number of likely N-dealkylation sites (tertiary alicyclic amines) is 1. The van der Waals surface area contributed by atoms with Gasteiger partial charge in [-0.15, -0.1) is 0 Å². The van der Waals surface area contributed by atoms with Gasteiger partial charge in [-0.2, -0.15) is 0 Å². The summed E-state index contributed by atoms with van der Waals surface area (Å²) in [5.41, 5.74) is 1.46. The van der Waals surface area contributed by atoms with Crippen molar-refractivity contribution < 1.29 is 9.47 Å². The Bertz CT molecular complexity index is 418. The lowest BCUT2D eigenvalue weighted by molar-refractivity contribution is -0.182.